The zero-order valence-corrected chi connectivity index (χ0v) is 12.7. The number of fused-ring (bicyclic) bond motifs is 1. The number of halogens is 1. The predicted octanol–water partition coefficient (Wildman–Crippen LogP) is 1.75. The summed E-state index contributed by atoms with van der Waals surface area (Å²) in [5.74, 6) is 1.91. The molecule has 0 aromatic heterocycles. The van der Waals surface area contributed by atoms with E-state index in [9.17, 15) is 8.42 Å². The third-order valence-electron chi connectivity index (χ3n) is 2.32. The highest BCUT2D eigenvalue weighted by molar-refractivity contribution is 7.99. The molecule has 0 fully saturated rings. The highest BCUT2D eigenvalue weighted by Gasteiger charge is 2.15. The third-order valence-corrected chi connectivity index (χ3v) is 4.53. The number of thioether (sulfide) groups is 1. The van der Waals surface area contributed by atoms with E-state index in [-0.39, 0.29) is 0 Å². The molecule has 2 rings (SSSR count). The van der Waals surface area contributed by atoms with E-state index < -0.39 is 10.0 Å². The smallest absolute Gasteiger partial charge is 0.208 e. The second-order valence-electron chi connectivity index (χ2n) is 3.94. The molecule has 0 saturated carbocycles. The van der Waals surface area contributed by atoms with E-state index >= 15 is 0 Å². The lowest BCUT2D eigenvalue weighted by atomic mass is 10.3. The second-order valence-corrected chi connectivity index (χ2v) is 7.32. The minimum atomic E-state index is -3.14. The van der Waals surface area contributed by atoms with E-state index in [1.165, 1.54) is 11.8 Å². The number of benzene rings is 1. The number of nitrogens with one attached hydrogen (secondary N) is 1. The Hall–Kier alpha value is -0.630. The molecule has 0 amide bonds. The first kappa shape index (κ1) is 14.8. The number of ether oxygens (including phenoxy) is 2. The van der Waals surface area contributed by atoms with Gasteiger partial charge in [-0.05, 0) is 6.07 Å². The van der Waals surface area contributed by atoms with Gasteiger partial charge in [0.25, 0.3) is 0 Å². The van der Waals surface area contributed by atoms with E-state index in [1.807, 2.05) is 6.07 Å². The lowest BCUT2D eigenvalue weighted by Crippen LogP contribution is -2.24. The van der Waals surface area contributed by atoms with E-state index in [4.69, 9.17) is 21.1 Å². The van der Waals surface area contributed by atoms with Crippen LogP contribution in [0.15, 0.2) is 17.0 Å². The number of hydrogen-bond acceptors (Lipinski definition) is 5. The fourth-order valence-electron chi connectivity index (χ4n) is 1.54. The van der Waals surface area contributed by atoms with Crippen molar-refractivity contribution >= 4 is 33.4 Å². The van der Waals surface area contributed by atoms with Crippen LogP contribution in [0.4, 0.5) is 0 Å². The summed E-state index contributed by atoms with van der Waals surface area (Å²) in [6.45, 7) is 1.40. The lowest BCUT2D eigenvalue weighted by Gasteiger charge is -2.19. The van der Waals surface area contributed by atoms with Gasteiger partial charge in [-0.1, -0.05) is 11.6 Å². The van der Waals surface area contributed by atoms with Crippen LogP contribution in [0.25, 0.3) is 0 Å². The van der Waals surface area contributed by atoms with Crippen LogP contribution < -0.4 is 14.2 Å². The summed E-state index contributed by atoms with van der Waals surface area (Å²) in [6.07, 6.45) is 1.13. The van der Waals surface area contributed by atoms with Crippen LogP contribution in [0, 0.1) is 0 Å². The normalized spacial score (nSPS) is 14.4. The summed E-state index contributed by atoms with van der Waals surface area (Å²) in [7, 11) is -3.14. The van der Waals surface area contributed by atoms with Crippen LogP contribution in [0.1, 0.15) is 0 Å². The molecule has 1 aromatic rings. The molecule has 5 nitrogen and oxygen atoms in total. The molecule has 0 bridgehead atoms. The number of hydrogen-bond donors (Lipinski definition) is 1. The van der Waals surface area contributed by atoms with E-state index in [0.717, 1.165) is 11.2 Å². The molecule has 1 aliphatic rings. The molecule has 1 aliphatic heterocycles. The van der Waals surface area contributed by atoms with Crippen LogP contribution in [-0.4, -0.2) is 40.2 Å². The third kappa shape index (κ3) is 4.45. The van der Waals surface area contributed by atoms with Crippen LogP contribution in [0.5, 0.6) is 11.5 Å². The Morgan fingerprint density at radius 1 is 1.32 bits per heavy atom. The summed E-state index contributed by atoms with van der Waals surface area (Å²) in [4.78, 5) is 0.848. The maximum atomic E-state index is 10.9. The molecule has 19 heavy (non-hydrogen) atoms. The van der Waals surface area contributed by atoms with Gasteiger partial charge in [-0.15, -0.1) is 11.8 Å². The molecule has 0 unspecified atom stereocenters. The molecule has 1 heterocycles. The first-order valence-corrected chi connectivity index (χ1v) is 8.88. The molecule has 1 N–H and O–H groups in total. The van der Waals surface area contributed by atoms with Crippen molar-refractivity contribution in [2.24, 2.45) is 0 Å². The monoisotopic (exact) mass is 323 g/mol. The molecule has 106 valence electrons. The lowest BCUT2D eigenvalue weighted by molar-refractivity contribution is 0.171. The summed E-state index contributed by atoms with van der Waals surface area (Å²) in [5.41, 5.74) is 0. The first-order chi connectivity index (χ1) is 8.96. The van der Waals surface area contributed by atoms with Gasteiger partial charge in [0.2, 0.25) is 10.0 Å². The van der Waals surface area contributed by atoms with Crippen molar-refractivity contribution in [2.45, 2.75) is 4.90 Å². The first-order valence-electron chi connectivity index (χ1n) is 5.62. The van der Waals surface area contributed by atoms with Crippen molar-refractivity contribution in [1.29, 1.82) is 0 Å². The minimum absolute atomic E-state index is 0.355. The van der Waals surface area contributed by atoms with Crippen LogP contribution in [0.2, 0.25) is 5.02 Å². The van der Waals surface area contributed by atoms with E-state index in [0.29, 0.717) is 42.0 Å². The maximum Gasteiger partial charge on any atom is 0.208 e. The van der Waals surface area contributed by atoms with Crippen LogP contribution >= 0.6 is 23.4 Å². The van der Waals surface area contributed by atoms with Gasteiger partial charge in [0, 0.05) is 23.3 Å². The molecule has 0 aliphatic carbocycles. The zero-order chi connectivity index (χ0) is 13.9. The Kier molecular flexibility index (Phi) is 4.83. The minimum Gasteiger partial charge on any atom is -0.486 e. The summed E-state index contributed by atoms with van der Waals surface area (Å²) in [6, 6.07) is 3.55. The molecule has 8 heteroatoms. The van der Waals surface area contributed by atoms with Gasteiger partial charge in [-0.25, -0.2) is 13.1 Å². The average molecular weight is 324 g/mol. The van der Waals surface area contributed by atoms with Crippen molar-refractivity contribution in [3.8, 4) is 11.5 Å². The zero-order valence-electron chi connectivity index (χ0n) is 10.3. The number of rotatable bonds is 5. The highest BCUT2D eigenvalue weighted by atomic mass is 35.5. The Morgan fingerprint density at radius 3 is 2.58 bits per heavy atom. The molecule has 0 atom stereocenters. The topological polar surface area (TPSA) is 64.6 Å². The molecule has 0 radical (unpaired) electrons. The quantitative estimate of drug-likeness (QED) is 0.660. The van der Waals surface area contributed by atoms with Gasteiger partial charge in [0.1, 0.15) is 13.2 Å². The highest BCUT2D eigenvalue weighted by Crippen LogP contribution is 2.39. The van der Waals surface area contributed by atoms with Gasteiger partial charge in [-0.3, -0.25) is 0 Å². The Balaban J connectivity index is 1.97. The molecule has 0 saturated heterocycles. The van der Waals surface area contributed by atoms with Crippen molar-refractivity contribution in [3.63, 3.8) is 0 Å². The average Bonchev–Trinajstić information content (AvgIpc) is 2.33. The van der Waals surface area contributed by atoms with Crippen molar-refractivity contribution in [2.75, 3.05) is 31.8 Å². The fourth-order valence-corrected chi connectivity index (χ4v) is 3.27. The summed E-state index contributed by atoms with van der Waals surface area (Å²) < 4.78 is 35.2. The van der Waals surface area contributed by atoms with Gasteiger partial charge >= 0.3 is 0 Å². The SMILES string of the molecule is CS(=O)(=O)NCCSc1cc2c(cc1Cl)OCCO2. The largest absolute Gasteiger partial charge is 0.486 e. The van der Waals surface area contributed by atoms with Gasteiger partial charge in [-0.2, -0.15) is 0 Å². The molecular formula is C11H14ClNO4S2. The Labute approximate surface area is 121 Å². The van der Waals surface area contributed by atoms with Crippen LogP contribution in [-0.2, 0) is 10.0 Å². The van der Waals surface area contributed by atoms with Gasteiger partial charge < -0.3 is 9.47 Å². The van der Waals surface area contributed by atoms with E-state index in [2.05, 4.69) is 4.72 Å². The molecular weight excluding hydrogens is 310 g/mol. The standard InChI is InChI=1S/C11H14ClNO4S2/c1-19(14,15)13-2-5-18-11-7-10-9(6-8(11)12)16-3-4-17-10/h6-7,13H,2-5H2,1H3. The summed E-state index contributed by atoms with van der Waals surface area (Å²) in [5, 5.41) is 0.577. The predicted molar refractivity (Wildman–Crippen MR) is 76.0 cm³/mol. The Bertz CT molecular complexity index is 562. The molecule has 1 aromatic carbocycles. The molecule has 0 spiro atoms. The van der Waals surface area contributed by atoms with Gasteiger partial charge in [0.15, 0.2) is 11.5 Å². The van der Waals surface area contributed by atoms with Crippen molar-refractivity contribution in [3.05, 3.63) is 17.2 Å². The summed E-state index contributed by atoms with van der Waals surface area (Å²) >= 11 is 7.60. The van der Waals surface area contributed by atoms with Crippen LogP contribution in [0.3, 0.4) is 0 Å². The van der Waals surface area contributed by atoms with E-state index in [1.54, 1.807) is 6.07 Å². The maximum absolute atomic E-state index is 10.9. The van der Waals surface area contributed by atoms with Crippen molar-refractivity contribution < 1.29 is 17.9 Å². The van der Waals surface area contributed by atoms with Crippen molar-refractivity contribution in [1.82, 2.24) is 4.72 Å². The second kappa shape index (κ2) is 6.21. The Morgan fingerprint density at radius 2 is 1.95 bits per heavy atom. The fraction of sp³-hybridized carbons (Fsp3) is 0.455. The number of sulfonamides is 1. The van der Waals surface area contributed by atoms with Gasteiger partial charge in [0.05, 0.1) is 11.3 Å².